The van der Waals surface area contributed by atoms with E-state index in [2.05, 4.69) is 11.9 Å². The van der Waals surface area contributed by atoms with Gasteiger partial charge in [0.25, 0.3) is 0 Å². The predicted molar refractivity (Wildman–Crippen MR) is 84.6 cm³/mol. The van der Waals surface area contributed by atoms with Gasteiger partial charge in [-0.25, -0.2) is 9.37 Å². The monoisotopic (exact) mass is 283 g/mol. The second-order valence-electron chi connectivity index (χ2n) is 5.26. The van der Waals surface area contributed by atoms with Gasteiger partial charge >= 0.3 is 0 Å². The molecule has 3 aromatic rings. The fraction of sp³-hybridized carbons (Fsp3) is 0.235. The van der Waals surface area contributed by atoms with E-state index in [9.17, 15) is 4.39 Å². The van der Waals surface area contributed by atoms with Gasteiger partial charge in [0.05, 0.1) is 11.0 Å². The molecule has 0 spiro atoms. The molecule has 4 heteroatoms. The van der Waals surface area contributed by atoms with Gasteiger partial charge in [-0.15, -0.1) is 0 Å². The van der Waals surface area contributed by atoms with Crippen molar-refractivity contribution < 1.29 is 4.39 Å². The number of nitrogens with two attached hydrogens (primary N) is 1. The maximum Gasteiger partial charge on any atom is 0.143 e. The van der Waals surface area contributed by atoms with E-state index < -0.39 is 0 Å². The van der Waals surface area contributed by atoms with Crippen molar-refractivity contribution in [3.63, 3.8) is 0 Å². The Balaban J connectivity index is 2.31. The molecule has 0 amide bonds. The first-order valence-electron chi connectivity index (χ1n) is 7.13. The van der Waals surface area contributed by atoms with Crippen LogP contribution >= 0.6 is 0 Å². The number of hydrogen-bond acceptors (Lipinski definition) is 2. The largest absolute Gasteiger partial charge is 0.398 e. The summed E-state index contributed by atoms with van der Waals surface area (Å²) in [6, 6.07) is 10.6. The van der Waals surface area contributed by atoms with Crippen LogP contribution in [0.25, 0.3) is 22.4 Å². The van der Waals surface area contributed by atoms with Crippen LogP contribution in [0.2, 0.25) is 0 Å². The van der Waals surface area contributed by atoms with E-state index >= 15 is 0 Å². The normalized spacial score (nSPS) is 11.2. The van der Waals surface area contributed by atoms with Crippen LogP contribution in [-0.2, 0) is 6.54 Å². The zero-order valence-corrected chi connectivity index (χ0v) is 12.2. The molecule has 0 aliphatic rings. The Morgan fingerprint density at radius 2 is 2.05 bits per heavy atom. The number of fused-ring (bicyclic) bond motifs is 1. The third kappa shape index (κ3) is 2.27. The maximum atomic E-state index is 13.5. The van der Waals surface area contributed by atoms with Crippen LogP contribution < -0.4 is 5.73 Å². The Hall–Kier alpha value is -2.36. The lowest BCUT2D eigenvalue weighted by Crippen LogP contribution is -2.02. The van der Waals surface area contributed by atoms with Gasteiger partial charge in [-0.05, 0) is 43.2 Å². The van der Waals surface area contributed by atoms with Crippen molar-refractivity contribution in [2.45, 2.75) is 26.8 Å². The van der Waals surface area contributed by atoms with Gasteiger partial charge < -0.3 is 10.3 Å². The molecule has 3 rings (SSSR count). The number of nitrogens with zero attached hydrogens (tertiary/aromatic N) is 2. The fourth-order valence-corrected chi connectivity index (χ4v) is 2.63. The van der Waals surface area contributed by atoms with Crippen LogP contribution in [0.4, 0.5) is 10.1 Å². The van der Waals surface area contributed by atoms with Crippen molar-refractivity contribution in [2.75, 3.05) is 5.73 Å². The van der Waals surface area contributed by atoms with E-state index in [0.717, 1.165) is 46.6 Å². The summed E-state index contributed by atoms with van der Waals surface area (Å²) < 4.78 is 15.6. The van der Waals surface area contributed by atoms with Crippen LogP contribution in [0.1, 0.15) is 18.9 Å². The Kier molecular flexibility index (Phi) is 3.37. The number of nitrogen functional groups attached to an aromatic ring is 1. The molecular formula is C17H18FN3. The number of anilines is 1. The predicted octanol–water partition coefficient (Wildman–Crippen LogP) is 4.14. The fourth-order valence-electron chi connectivity index (χ4n) is 2.63. The summed E-state index contributed by atoms with van der Waals surface area (Å²) in [4.78, 5) is 4.66. The van der Waals surface area contributed by atoms with Gasteiger partial charge in [0.15, 0.2) is 0 Å². The maximum absolute atomic E-state index is 13.5. The van der Waals surface area contributed by atoms with E-state index in [-0.39, 0.29) is 5.82 Å². The minimum atomic E-state index is -0.247. The lowest BCUT2D eigenvalue weighted by atomic mass is 10.1. The molecule has 2 N–H and O–H groups in total. The highest BCUT2D eigenvalue weighted by molar-refractivity contribution is 5.84. The van der Waals surface area contributed by atoms with Gasteiger partial charge in [-0.1, -0.05) is 19.1 Å². The molecule has 0 aliphatic carbocycles. The zero-order valence-electron chi connectivity index (χ0n) is 12.2. The molecular weight excluding hydrogens is 265 g/mol. The molecule has 2 aromatic carbocycles. The Labute approximate surface area is 123 Å². The molecule has 0 bridgehead atoms. The van der Waals surface area contributed by atoms with Crippen LogP contribution in [-0.4, -0.2) is 9.55 Å². The summed E-state index contributed by atoms with van der Waals surface area (Å²) in [5.41, 5.74) is 10.5. The average Bonchev–Trinajstić information content (AvgIpc) is 2.81. The summed E-state index contributed by atoms with van der Waals surface area (Å²) >= 11 is 0. The summed E-state index contributed by atoms with van der Waals surface area (Å²) in [6.45, 7) is 4.85. The molecule has 0 unspecified atom stereocenters. The molecule has 3 nitrogen and oxygen atoms in total. The number of benzene rings is 2. The molecule has 0 saturated heterocycles. The minimum Gasteiger partial charge on any atom is -0.398 e. The summed E-state index contributed by atoms with van der Waals surface area (Å²) in [5, 5.41) is 0. The number of hydrogen-bond donors (Lipinski definition) is 1. The average molecular weight is 283 g/mol. The lowest BCUT2D eigenvalue weighted by molar-refractivity contribution is 0.627. The summed E-state index contributed by atoms with van der Waals surface area (Å²) in [5.74, 6) is 0.558. The van der Waals surface area contributed by atoms with E-state index in [1.165, 1.54) is 12.1 Å². The second-order valence-corrected chi connectivity index (χ2v) is 5.26. The number of aromatic nitrogens is 2. The molecule has 1 aromatic heterocycles. The molecule has 0 aliphatic heterocycles. The molecule has 0 radical (unpaired) electrons. The molecule has 1 heterocycles. The van der Waals surface area contributed by atoms with Crippen LogP contribution in [0.3, 0.4) is 0 Å². The van der Waals surface area contributed by atoms with Gasteiger partial charge in [-0.3, -0.25) is 0 Å². The van der Waals surface area contributed by atoms with Crippen LogP contribution in [0, 0.1) is 12.7 Å². The van der Waals surface area contributed by atoms with E-state index in [1.54, 1.807) is 6.07 Å². The third-order valence-corrected chi connectivity index (χ3v) is 3.72. The zero-order chi connectivity index (χ0) is 15.0. The molecule has 0 saturated carbocycles. The minimum absolute atomic E-state index is 0.247. The standard InChI is InChI=1S/C17H18FN3/c1-3-9-21-15-10-12(18)7-8-14(15)20-17(21)13-6-4-5-11(2)16(13)19/h4-8,10H,3,9,19H2,1-2H3. The van der Waals surface area contributed by atoms with Crippen LogP contribution in [0.15, 0.2) is 36.4 Å². The topological polar surface area (TPSA) is 43.8 Å². The number of aryl methyl sites for hydroxylation is 2. The first-order valence-corrected chi connectivity index (χ1v) is 7.13. The van der Waals surface area contributed by atoms with Crippen molar-refractivity contribution in [1.82, 2.24) is 9.55 Å². The first kappa shape index (κ1) is 13.6. The van der Waals surface area contributed by atoms with Crippen LogP contribution in [0.5, 0.6) is 0 Å². The van der Waals surface area contributed by atoms with Gasteiger partial charge in [0.2, 0.25) is 0 Å². The first-order chi connectivity index (χ1) is 10.1. The van der Waals surface area contributed by atoms with Gasteiger partial charge in [0.1, 0.15) is 11.6 Å². The highest BCUT2D eigenvalue weighted by Gasteiger charge is 2.15. The molecule has 0 atom stereocenters. The van der Waals surface area contributed by atoms with Crippen molar-refractivity contribution in [3.05, 3.63) is 47.8 Å². The lowest BCUT2D eigenvalue weighted by Gasteiger charge is -2.11. The van der Waals surface area contributed by atoms with Crippen molar-refractivity contribution >= 4 is 16.7 Å². The van der Waals surface area contributed by atoms with Crippen molar-refractivity contribution in [3.8, 4) is 11.4 Å². The van der Waals surface area contributed by atoms with Gasteiger partial charge in [-0.2, -0.15) is 0 Å². The van der Waals surface area contributed by atoms with E-state index in [1.807, 2.05) is 29.7 Å². The number of halogens is 1. The Morgan fingerprint density at radius 3 is 2.81 bits per heavy atom. The molecule has 21 heavy (non-hydrogen) atoms. The van der Waals surface area contributed by atoms with Crippen molar-refractivity contribution in [2.24, 2.45) is 0 Å². The van der Waals surface area contributed by atoms with E-state index in [0.29, 0.717) is 0 Å². The summed E-state index contributed by atoms with van der Waals surface area (Å²) in [6.07, 6.45) is 0.945. The van der Waals surface area contributed by atoms with E-state index in [4.69, 9.17) is 5.73 Å². The summed E-state index contributed by atoms with van der Waals surface area (Å²) in [7, 11) is 0. The molecule has 108 valence electrons. The Bertz CT molecular complexity index is 805. The number of rotatable bonds is 3. The smallest absolute Gasteiger partial charge is 0.143 e. The Morgan fingerprint density at radius 1 is 1.24 bits per heavy atom. The molecule has 0 fully saturated rings. The van der Waals surface area contributed by atoms with Crippen molar-refractivity contribution in [1.29, 1.82) is 0 Å². The SMILES string of the molecule is CCCn1c(-c2cccc(C)c2N)nc2ccc(F)cc21. The number of imidazole rings is 1. The quantitative estimate of drug-likeness (QED) is 0.734. The highest BCUT2D eigenvalue weighted by Crippen LogP contribution is 2.31. The van der Waals surface area contributed by atoms with Gasteiger partial charge in [0, 0.05) is 17.8 Å². The highest BCUT2D eigenvalue weighted by atomic mass is 19.1. The third-order valence-electron chi connectivity index (χ3n) is 3.72. The number of para-hydroxylation sites is 1. The second kappa shape index (κ2) is 5.20.